The Labute approximate surface area is 139 Å². The van der Waals surface area contributed by atoms with Crippen LogP contribution in [0.3, 0.4) is 0 Å². The van der Waals surface area contributed by atoms with Crippen LogP contribution in [-0.2, 0) is 17.8 Å². The van der Waals surface area contributed by atoms with E-state index in [0.717, 1.165) is 11.3 Å². The summed E-state index contributed by atoms with van der Waals surface area (Å²) in [5.41, 5.74) is 1.41. The summed E-state index contributed by atoms with van der Waals surface area (Å²) in [6.07, 6.45) is 9.47. The topological polar surface area (TPSA) is 95.2 Å². The molecular formula is C17H18N4O3. The second-order valence-electron chi connectivity index (χ2n) is 6.09. The van der Waals surface area contributed by atoms with E-state index in [1.807, 2.05) is 0 Å². The molecule has 0 radical (unpaired) electrons. The fraction of sp³-hybridized carbons (Fsp3) is 0.471. The van der Waals surface area contributed by atoms with Crippen LogP contribution >= 0.6 is 0 Å². The van der Waals surface area contributed by atoms with E-state index in [1.165, 1.54) is 6.20 Å². The number of pyridine rings is 1. The molecule has 1 aromatic rings. The fourth-order valence-electron chi connectivity index (χ4n) is 2.88. The number of aromatic carboxylic acids is 1. The van der Waals surface area contributed by atoms with Crippen molar-refractivity contribution in [3.8, 4) is 12.3 Å². The largest absolute Gasteiger partial charge is 0.478 e. The van der Waals surface area contributed by atoms with Crippen molar-refractivity contribution in [2.24, 2.45) is 10.2 Å². The minimum absolute atomic E-state index is 0.0437. The second-order valence-corrected chi connectivity index (χ2v) is 6.09. The van der Waals surface area contributed by atoms with Gasteiger partial charge in [-0.15, -0.1) is 12.3 Å². The molecule has 1 N–H and O–H groups in total. The maximum Gasteiger partial charge on any atom is 0.337 e. The number of rotatable bonds is 6. The van der Waals surface area contributed by atoms with Gasteiger partial charge in [-0.2, -0.15) is 10.2 Å². The summed E-state index contributed by atoms with van der Waals surface area (Å²) in [6, 6.07) is 1.64. The molecule has 0 bridgehead atoms. The van der Waals surface area contributed by atoms with Gasteiger partial charge in [0.2, 0.25) is 5.91 Å². The predicted octanol–water partition coefficient (Wildman–Crippen LogP) is 2.02. The molecule has 3 heterocycles. The SMILES string of the molecule is C#CCCC1(CCC(=O)N2CCc3cc(C(=O)O)cnc3C2)N=N1. The third-order valence-corrected chi connectivity index (χ3v) is 4.44. The lowest BCUT2D eigenvalue weighted by Crippen LogP contribution is -2.37. The van der Waals surface area contributed by atoms with E-state index in [4.69, 9.17) is 11.5 Å². The van der Waals surface area contributed by atoms with Crippen LogP contribution in [0, 0.1) is 12.3 Å². The Morgan fingerprint density at radius 2 is 2.17 bits per heavy atom. The Balaban J connectivity index is 1.56. The lowest BCUT2D eigenvalue weighted by molar-refractivity contribution is -0.132. The van der Waals surface area contributed by atoms with Gasteiger partial charge in [0.1, 0.15) is 0 Å². The number of carboxylic acids is 1. The zero-order chi connectivity index (χ0) is 17.2. The van der Waals surface area contributed by atoms with E-state index in [9.17, 15) is 9.59 Å². The molecule has 0 aliphatic carbocycles. The summed E-state index contributed by atoms with van der Waals surface area (Å²) in [6.45, 7) is 0.988. The molecule has 1 aromatic heterocycles. The van der Waals surface area contributed by atoms with E-state index >= 15 is 0 Å². The zero-order valence-corrected chi connectivity index (χ0v) is 13.2. The van der Waals surface area contributed by atoms with Gasteiger partial charge in [-0.25, -0.2) is 4.79 Å². The summed E-state index contributed by atoms with van der Waals surface area (Å²) in [5, 5.41) is 17.1. The van der Waals surface area contributed by atoms with Crippen molar-refractivity contribution in [1.82, 2.24) is 9.88 Å². The van der Waals surface area contributed by atoms with Crippen LogP contribution in [0.2, 0.25) is 0 Å². The Kier molecular flexibility index (Phi) is 4.30. The standard InChI is InChI=1S/C17H18N4O3/c1-2-3-6-17(19-20-17)7-4-15(22)21-8-5-12-9-13(16(23)24)10-18-14(12)11-21/h1,9-10H,3-8,11H2,(H,23,24). The maximum absolute atomic E-state index is 12.4. The first-order valence-corrected chi connectivity index (χ1v) is 7.89. The van der Waals surface area contributed by atoms with Crippen molar-refractivity contribution in [3.63, 3.8) is 0 Å². The Bertz CT molecular complexity index is 745. The summed E-state index contributed by atoms with van der Waals surface area (Å²) in [7, 11) is 0. The molecule has 0 atom stereocenters. The van der Waals surface area contributed by atoms with E-state index in [-0.39, 0.29) is 11.5 Å². The van der Waals surface area contributed by atoms with Gasteiger partial charge in [0.25, 0.3) is 0 Å². The van der Waals surface area contributed by atoms with E-state index < -0.39 is 11.6 Å². The van der Waals surface area contributed by atoms with Gasteiger partial charge < -0.3 is 10.0 Å². The number of terminal acetylenes is 1. The highest BCUT2D eigenvalue weighted by Crippen LogP contribution is 2.37. The van der Waals surface area contributed by atoms with E-state index in [0.29, 0.717) is 45.2 Å². The smallest absolute Gasteiger partial charge is 0.337 e. The van der Waals surface area contributed by atoms with Gasteiger partial charge in [0.05, 0.1) is 17.8 Å². The van der Waals surface area contributed by atoms with E-state index in [1.54, 1.807) is 11.0 Å². The number of aromatic nitrogens is 1. The molecule has 0 spiro atoms. The van der Waals surface area contributed by atoms with Crippen LogP contribution in [0.5, 0.6) is 0 Å². The Hall–Kier alpha value is -2.75. The zero-order valence-electron chi connectivity index (χ0n) is 13.2. The van der Waals surface area contributed by atoms with Crippen molar-refractivity contribution < 1.29 is 14.7 Å². The third kappa shape index (κ3) is 3.43. The number of carbonyl (C=O) groups excluding carboxylic acids is 1. The van der Waals surface area contributed by atoms with Crippen molar-refractivity contribution >= 4 is 11.9 Å². The highest BCUT2D eigenvalue weighted by atomic mass is 16.4. The second kappa shape index (κ2) is 6.40. The molecule has 7 heteroatoms. The Morgan fingerprint density at radius 1 is 1.38 bits per heavy atom. The maximum atomic E-state index is 12.4. The molecule has 2 aliphatic heterocycles. The molecule has 0 unspecified atom stereocenters. The van der Waals surface area contributed by atoms with Crippen LogP contribution in [0.4, 0.5) is 0 Å². The first-order valence-electron chi connectivity index (χ1n) is 7.89. The number of nitrogens with zero attached hydrogens (tertiary/aromatic N) is 4. The minimum atomic E-state index is -0.988. The van der Waals surface area contributed by atoms with Crippen LogP contribution in [0.15, 0.2) is 22.5 Å². The summed E-state index contributed by atoms with van der Waals surface area (Å²) < 4.78 is 0. The van der Waals surface area contributed by atoms with Gasteiger partial charge >= 0.3 is 5.97 Å². The molecular weight excluding hydrogens is 308 g/mol. The quantitative estimate of drug-likeness (QED) is 0.809. The molecule has 0 aromatic carbocycles. The number of carboxylic acid groups (broad SMARTS) is 1. The van der Waals surface area contributed by atoms with Gasteiger partial charge in [0.15, 0.2) is 5.66 Å². The molecule has 0 fully saturated rings. The van der Waals surface area contributed by atoms with Crippen molar-refractivity contribution in [2.45, 2.75) is 44.3 Å². The molecule has 0 saturated heterocycles. The summed E-state index contributed by atoms with van der Waals surface area (Å²) >= 11 is 0. The fourth-order valence-corrected chi connectivity index (χ4v) is 2.88. The number of carbonyl (C=O) groups is 2. The first-order chi connectivity index (χ1) is 11.5. The third-order valence-electron chi connectivity index (χ3n) is 4.44. The van der Waals surface area contributed by atoms with Gasteiger partial charge in [-0.05, 0) is 18.1 Å². The van der Waals surface area contributed by atoms with Crippen molar-refractivity contribution in [2.75, 3.05) is 6.54 Å². The van der Waals surface area contributed by atoms with Crippen LogP contribution in [0.1, 0.15) is 47.3 Å². The highest BCUT2D eigenvalue weighted by molar-refractivity contribution is 5.87. The molecule has 124 valence electrons. The van der Waals surface area contributed by atoms with Crippen LogP contribution < -0.4 is 0 Å². The monoisotopic (exact) mass is 326 g/mol. The normalized spacial score (nSPS) is 17.0. The molecule has 1 amide bonds. The van der Waals surface area contributed by atoms with Gasteiger partial charge in [0, 0.05) is 38.4 Å². The number of amides is 1. The lowest BCUT2D eigenvalue weighted by atomic mass is 10.00. The van der Waals surface area contributed by atoms with Gasteiger partial charge in [-0.3, -0.25) is 9.78 Å². The lowest BCUT2D eigenvalue weighted by Gasteiger charge is -2.28. The average molecular weight is 326 g/mol. The first kappa shape index (κ1) is 16.1. The molecule has 7 nitrogen and oxygen atoms in total. The van der Waals surface area contributed by atoms with Gasteiger partial charge in [-0.1, -0.05) is 0 Å². The molecule has 24 heavy (non-hydrogen) atoms. The number of hydrogen-bond acceptors (Lipinski definition) is 5. The molecule has 0 saturated carbocycles. The highest BCUT2D eigenvalue weighted by Gasteiger charge is 2.39. The Morgan fingerprint density at radius 3 is 2.83 bits per heavy atom. The number of hydrogen-bond donors (Lipinski definition) is 1. The van der Waals surface area contributed by atoms with Crippen LogP contribution in [0.25, 0.3) is 0 Å². The average Bonchev–Trinajstić information content (AvgIpc) is 3.37. The number of fused-ring (bicyclic) bond motifs is 1. The minimum Gasteiger partial charge on any atom is -0.478 e. The molecule has 3 rings (SSSR count). The predicted molar refractivity (Wildman–Crippen MR) is 85.2 cm³/mol. The summed E-state index contributed by atoms with van der Waals surface area (Å²) in [5.74, 6) is 1.63. The van der Waals surface area contributed by atoms with Crippen molar-refractivity contribution in [3.05, 3.63) is 29.1 Å². The van der Waals surface area contributed by atoms with Crippen LogP contribution in [-0.4, -0.2) is 39.1 Å². The summed E-state index contributed by atoms with van der Waals surface area (Å²) in [4.78, 5) is 29.4. The van der Waals surface area contributed by atoms with Crippen molar-refractivity contribution in [1.29, 1.82) is 0 Å². The molecule has 2 aliphatic rings. The van der Waals surface area contributed by atoms with E-state index in [2.05, 4.69) is 21.1 Å².